The number of hydrogen-bond donors (Lipinski definition) is 2. The van der Waals surface area contributed by atoms with E-state index in [0.717, 1.165) is 103 Å². The topological polar surface area (TPSA) is 145 Å². The minimum atomic E-state index is -0.845. The molecule has 0 fully saturated rings. The molecule has 0 aliphatic carbocycles. The van der Waals surface area contributed by atoms with Crippen molar-refractivity contribution in [1.82, 2.24) is 14.8 Å². The molecule has 1 aromatic carbocycles. The van der Waals surface area contributed by atoms with E-state index in [-0.39, 0.29) is 40.9 Å². The smallest absolute Gasteiger partial charge is 0.344 e. The Balaban J connectivity index is 2.88. The van der Waals surface area contributed by atoms with E-state index in [1.165, 1.54) is 6.92 Å². The SMILES string of the molecule is CCCCC(CC)CN(CC(CC)CCCC)C(=O)c1ccc(C(=O)N(CC(CC)CCCC)CC(CC)CCCC)c(/N=N/c2c(O)[nH]c(=O)c(C(=O)OCC)c2C)c1. The molecule has 4 atom stereocenters. The van der Waals surface area contributed by atoms with Gasteiger partial charge in [-0.3, -0.25) is 19.4 Å². The number of pyridine rings is 1. The Morgan fingerprint density at radius 1 is 0.667 bits per heavy atom. The van der Waals surface area contributed by atoms with Crippen molar-refractivity contribution in [2.45, 2.75) is 172 Å². The van der Waals surface area contributed by atoms with Crippen molar-refractivity contribution in [3.63, 3.8) is 0 Å². The van der Waals surface area contributed by atoms with Gasteiger partial charge in [-0.15, -0.1) is 10.2 Å². The second-order valence-corrected chi connectivity index (χ2v) is 16.9. The Morgan fingerprint density at radius 3 is 1.50 bits per heavy atom. The quantitative estimate of drug-likeness (QED) is 0.0592. The highest BCUT2D eigenvalue weighted by molar-refractivity contribution is 6.02. The van der Waals surface area contributed by atoms with Gasteiger partial charge in [-0.2, -0.15) is 0 Å². The molecule has 11 nitrogen and oxygen atoms in total. The van der Waals surface area contributed by atoms with Crippen molar-refractivity contribution >= 4 is 29.2 Å². The number of azo groups is 1. The normalized spacial score (nSPS) is 13.6. The summed E-state index contributed by atoms with van der Waals surface area (Å²) in [5, 5.41) is 19.9. The van der Waals surface area contributed by atoms with Gasteiger partial charge >= 0.3 is 5.97 Å². The maximum absolute atomic E-state index is 15.0. The molecule has 0 saturated carbocycles. The molecule has 2 aromatic rings. The van der Waals surface area contributed by atoms with Crippen molar-refractivity contribution < 1.29 is 24.2 Å². The first-order chi connectivity index (χ1) is 28.9. The standard InChI is InChI=1S/C49H81N5O6/c1-11-20-24-36(15-5)31-53(32-37(16-6)25-21-12-2)47(57)40-28-29-41(48(58)54(33-38(17-7)26-22-13-3)34-39(18-8)27-23-14-4)42(30-40)51-52-44-35(10)43(49(59)60-19-9)45(55)50-46(44)56/h28-30,36-39H,11-27,31-34H2,1-10H3,(H2,50,55,56)/b52-51+. The molecule has 0 saturated heterocycles. The van der Waals surface area contributed by atoms with Crippen LogP contribution in [-0.4, -0.2) is 70.5 Å². The second-order valence-electron chi connectivity index (χ2n) is 16.9. The number of amides is 2. The van der Waals surface area contributed by atoms with E-state index in [4.69, 9.17) is 4.74 Å². The highest BCUT2D eigenvalue weighted by Gasteiger charge is 2.28. The zero-order valence-corrected chi connectivity index (χ0v) is 39.2. The van der Waals surface area contributed by atoms with Crippen LogP contribution in [0, 0.1) is 30.6 Å². The first-order valence-electron chi connectivity index (χ1n) is 23.6. The van der Waals surface area contributed by atoms with Crippen molar-refractivity contribution in [2.24, 2.45) is 33.9 Å². The van der Waals surface area contributed by atoms with E-state index in [2.05, 4.69) is 70.6 Å². The van der Waals surface area contributed by atoms with Crippen molar-refractivity contribution in [3.8, 4) is 5.88 Å². The van der Waals surface area contributed by atoms with Gasteiger partial charge < -0.3 is 19.6 Å². The van der Waals surface area contributed by atoms with E-state index in [1.807, 2.05) is 9.80 Å². The van der Waals surface area contributed by atoms with Gasteiger partial charge in [0.1, 0.15) is 11.3 Å². The lowest BCUT2D eigenvalue weighted by atomic mass is 9.94. The lowest BCUT2D eigenvalue weighted by molar-refractivity contribution is 0.0522. The van der Waals surface area contributed by atoms with Gasteiger partial charge in [0.25, 0.3) is 17.4 Å². The third kappa shape index (κ3) is 16.1. The monoisotopic (exact) mass is 836 g/mol. The summed E-state index contributed by atoms with van der Waals surface area (Å²) in [7, 11) is 0. The van der Waals surface area contributed by atoms with Crippen molar-refractivity contribution in [3.05, 3.63) is 50.8 Å². The third-order valence-electron chi connectivity index (χ3n) is 12.3. The largest absolute Gasteiger partial charge is 0.493 e. The number of rotatable bonds is 30. The lowest BCUT2D eigenvalue weighted by Gasteiger charge is -2.32. The molecule has 2 rings (SSSR count). The molecule has 4 unspecified atom stereocenters. The molecule has 1 aromatic heterocycles. The number of carbonyl (C=O) groups is 3. The van der Waals surface area contributed by atoms with Gasteiger partial charge in [0, 0.05) is 37.3 Å². The van der Waals surface area contributed by atoms with Gasteiger partial charge in [0.05, 0.1) is 17.9 Å². The molecule has 1 heterocycles. The summed E-state index contributed by atoms with van der Waals surface area (Å²) in [6, 6.07) is 5.11. The van der Waals surface area contributed by atoms with Crippen LogP contribution in [-0.2, 0) is 4.74 Å². The maximum Gasteiger partial charge on any atom is 0.344 e. The van der Waals surface area contributed by atoms with Gasteiger partial charge in [-0.25, -0.2) is 4.79 Å². The summed E-state index contributed by atoms with van der Waals surface area (Å²) in [6.45, 7) is 23.2. The molecule has 2 N–H and O–H groups in total. The molecular formula is C49H81N5O6. The molecule has 11 heteroatoms. The molecule has 0 bridgehead atoms. The van der Waals surface area contributed by atoms with Crippen LogP contribution in [0.15, 0.2) is 33.2 Å². The van der Waals surface area contributed by atoms with Crippen LogP contribution in [0.25, 0.3) is 0 Å². The Labute approximate surface area is 362 Å². The number of H-pyrrole nitrogens is 1. The summed E-state index contributed by atoms with van der Waals surface area (Å²) >= 11 is 0. The second kappa shape index (κ2) is 28.5. The van der Waals surface area contributed by atoms with E-state index in [0.29, 0.717) is 61.0 Å². The zero-order chi connectivity index (χ0) is 44.6. The predicted octanol–water partition coefficient (Wildman–Crippen LogP) is 12.7. The molecular weight excluding hydrogens is 755 g/mol. The Bertz CT molecular complexity index is 1650. The summed E-state index contributed by atoms with van der Waals surface area (Å²) in [5.74, 6) is -0.320. The Hall–Kier alpha value is -4.02. The van der Waals surface area contributed by atoms with Crippen LogP contribution in [0.5, 0.6) is 5.88 Å². The van der Waals surface area contributed by atoms with Gasteiger partial charge in [-0.1, -0.05) is 132 Å². The first-order valence-corrected chi connectivity index (χ1v) is 23.6. The number of aromatic nitrogens is 1. The summed E-state index contributed by atoms with van der Waals surface area (Å²) < 4.78 is 5.13. The molecule has 0 aliphatic heterocycles. The summed E-state index contributed by atoms with van der Waals surface area (Å²) in [5.41, 5.74) is -0.260. The minimum absolute atomic E-state index is 0.0547. The highest BCUT2D eigenvalue weighted by atomic mass is 16.5. The number of benzene rings is 1. The fraction of sp³-hybridized carbons (Fsp3) is 0.714. The van der Waals surface area contributed by atoms with Crippen molar-refractivity contribution in [2.75, 3.05) is 32.8 Å². The molecule has 0 radical (unpaired) electrons. The van der Waals surface area contributed by atoms with Crippen LogP contribution >= 0.6 is 0 Å². The molecule has 0 spiro atoms. The van der Waals surface area contributed by atoms with Crippen molar-refractivity contribution in [1.29, 1.82) is 0 Å². The average molecular weight is 836 g/mol. The van der Waals surface area contributed by atoms with Gasteiger partial charge in [-0.05, 0) is 81.4 Å². The number of hydrogen-bond acceptors (Lipinski definition) is 8. The summed E-state index contributed by atoms with van der Waals surface area (Å²) in [6.07, 6.45) is 16.8. The Morgan fingerprint density at radius 2 is 1.10 bits per heavy atom. The minimum Gasteiger partial charge on any atom is -0.493 e. The van der Waals surface area contributed by atoms with Crippen LogP contribution < -0.4 is 5.56 Å². The van der Waals surface area contributed by atoms with Gasteiger partial charge in [0.15, 0.2) is 0 Å². The van der Waals surface area contributed by atoms with Crippen LogP contribution in [0.1, 0.15) is 202 Å². The lowest BCUT2D eigenvalue weighted by Crippen LogP contribution is -2.39. The fourth-order valence-corrected chi connectivity index (χ4v) is 8.05. The number of ether oxygens (including phenoxy) is 1. The fourth-order valence-electron chi connectivity index (χ4n) is 8.05. The number of aromatic hydroxyl groups is 1. The average Bonchev–Trinajstić information content (AvgIpc) is 3.24. The zero-order valence-electron chi connectivity index (χ0n) is 39.2. The first kappa shape index (κ1) is 52.1. The maximum atomic E-state index is 15.0. The van der Waals surface area contributed by atoms with Crippen LogP contribution in [0.2, 0.25) is 0 Å². The number of aromatic amines is 1. The number of nitrogens with one attached hydrogen (secondary N) is 1. The number of esters is 1. The highest BCUT2D eigenvalue weighted by Crippen LogP contribution is 2.33. The number of unbranched alkanes of at least 4 members (excludes halogenated alkanes) is 4. The number of carbonyl (C=O) groups excluding carboxylic acids is 3. The Kier molecular flexibility index (Phi) is 24.8. The molecule has 338 valence electrons. The molecule has 0 aliphatic rings. The van der Waals surface area contributed by atoms with E-state index in [9.17, 15) is 24.3 Å². The van der Waals surface area contributed by atoms with Crippen LogP contribution in [0.4, 0.5) is 11.4 Å². The van der Waals surface area contributed by atoms with Gasteiger partial charge in [0.2, 0.25) is 5.88 Å². The van der Waals surface area contributed by atoms with E-state index < -0.39 is 17.4 Å². The summed E-state index contributed by atoms with van der Waals surface area (Å²) in [4.78, 5) is 61.6. The number of nitrogens with zero attached hydrogens (tertiary/aromatic N) is 4. The third-order valence-corrected chi connectivity index (χ3v) is 12.3. The predicted molar refractivity (Wildman–Crippen MR) is 245 cm³/mol. The van der Waals surface area contributed by atoms with E-state index >= 15 is 0 Å². The molecule has 60 heavy (non-hydrogen) atoms. The van der Waals surface area contributed by atoms with Crippen LogP contribution in [0.3, 0.4) is 0 Å². The molecule has 2 amide bonds. The van der Waals surface area contributed by atoms with E-state index in [1.54, 1.807) is 25.1 Å².